The molecule has 146 valence electrons. The van der Waals surface area contributed by atoms with Gasteiger partial charge < -0.3 is 19.4 Å². The number of para-hydroxylation sites is 2. The molecule has 1 N–H and O–H groups in total. The Labute approximate surface area is 164 Å². The van der Waals surface area contributed by atoms with E-state index in [1.165, 1.54) is 0 Å². The number of aromatic nitrogens is 2. The summed E-state index contributed by atoms with van der Waals surface area (Å²) in [5.41, 5.74) is 1.97. The van der Waals surface area contributed by atoms with Gasteiger partial charge in [-0.15, -0.1) is 0 Å². The Morgan fingerprint density at radius 3 is 2.75 bits per heavy atom. The Kier molecular flexibility index (Phi) is 5.46. The van der Waals surface area contributed by atoms with Gasteiger partial charge in [0.2, 0.25) is 5.91 Å². The highest BCUT2D eigenvalue weighted by atomic mass is 16.5. The number of ether oxygens (including phenoxy) is 2. The van der Waals surface area contributed by atoms with E-state index < -0.39 is 0 Å². The van der Waals surface area contributed by atoms with Crippen LogP contribution in [-0.2, 0) is 4.79 Å². The molecule has 2 heterocycles. The average Bonchev–Trinajstić information content (AvgIpc) is 3.38. The highest BCUT2D eigenvalue weighted by Crippen LogP contribution is 2.32. The summed E-state index contributed by atoms with van der Waals surface area (Å²) < 4.78 is 10.9. The van der Waals surface area contributed by atoms with Gasteiger partial charge in [-0.25, -0.2) is 4.98 Å². The minimum Gasteiger partial charge on any atom is -0.497 e. The molecule has 2 aromatic carbocycles. The van der Waals surface area contributed by atoms with Crippen LogP contribution in [0.15, 0.2) is 48.5 Å². The summed E-state index contributed by atoms with van der Waals surface area (Å²) in [6.07, 6.45) is 3.13. The molecule has 6 nitrogen and oxygen atoms in total. The first-order valence-electron chi connectivity index (χ1n) is 9.75. The van der Waals surface area contributed by atoms with Gasteiger partial charge in [0, 0.05) is 13.0 Å². The summed E-state index contributed by atoms with van der Waals surface area (Å²) in [6, 6.07) is 15.5. The van der Waals surface area contributed by atoms with Crippen molar-refractivity contribution in [3.8, 4) is 11.5 Å². The van der Waals surface area contributed by atoms with Gasteiger partial charge in [-0.2, -0.15) is 0 Å². The van der Waals surface area contributed by atoms with Crippen LogP contribution in [0.5, 0.6) is 11.5 Å². The third-order valence-electron chi connectivity index (χ3n) is 5.16. The Morgan fingerprint density at radius 1 is 1.18 bits per heavy atom. The molecule has 6 heteroatoms. The molecule has 1 atom stereocenters. The van der Waals surface area contributed by atoms with Crippen molar-refractivity contribution in [3.05, 3.63) is 54.4 Å². The van der Waals surface area contributed by atoms with Gasteiger partial charge in [0.05, 0.1) is 30.8 Å². The van der Waals surface area contributed by atoms with Gasteiger partial charge in [-0.05, 0) is 55.7 Å². The molecule has 0 radical (unpaired) electrons. The zero-order valence-electron chi connectivity index (χ0n) is 16.1. The van der Waals surface area contributed by atoms with E-state index in [4.69, 9.17) is 14.5 Å². The van der Waals surface area contributed by atoms with Crippen molar-refractivity contribution in [3.63, 3.8) is 0 Å². The van der Waals surface area contributed by atoms with Crippen LogP contribution >= 0.6 is 0 Å². The molecule has 28 heavy (non-hydrogen) atoms. The number of likely N-dealkylation sites (tertiary alicyclic amines) is 1. The Bertz CT molecular complexity index is 903. The maximum atomic E-state index is 12.8. The molecule has 1 aromatic heterocycles. The number of amides is 1. The number of hydrogen-bond acceptors (Lipinski definition) is 4. The number of benzene rings is 2. The van der Waals surface area contributed by atoms with Crippen LogP contribution in [0.25, 0.3) is 11.0 Å². The number of H-pyrrole nitrogens is 1. The van der Waals surface area contributed by atoms with E-state index in [9.17, 15) is 4.79 Å². The minimum absolute atomic E-state index is 0.0439. The topological polar surface area (TPSA) is 67.5 Å². The van der Waals surface area contributed by atoms with E-state index in [-0.39, 0.29) is 11.9 Å². The van der Waals surface area contributed by atoms with Crippen LogP contribution in [-0.4, -0.2) is 41.0 Å². The fourth-order valence-corrected chi connectivity index (χ4v) is 3.71. The SMILES string of the molecule is COc1ccc(OCCCC(=O)N2CCC[C@@H]2c2nc3ccccc3[nH]2)cc1. The van der Waals surface area contributed by atoms with Crippen molar-refractivity contribution >= 4 is 16.9 Å². The van der Waals surface area contributed by atoms with Crippen molar-refractivity contribution in [2.45, 2.75) is 31.7 Å². The van der Waals surface area contributed by atoms with E-state index in [2.05, 4.69) is 4.98 Å². The van der Waals surface area contributed by atoms with Gasteiger partial charge in [-0.1, -0.05) is 12.1 Å². The van der Waals surface area contributed by atoms with Crippen molar-refractivity contribution in [1.82, 2.24) is 14.9 Å². The van der Waals surface area contributed by atoms with E-state index in [1.807, 2.05) is 53.4 Å². The molecule has 0 aliphatic carbocycles. The largest absolute Gasteiger partial charge is 0.497 e. The number of imidazole rings is 1. The lowest BCUT2D eigenvalue weighted by Crippen LogP contribution is -2.31. The van der Waals surface area contributed by atoms with E-state index in [0.29, 0.717) is 19.4 Å². The summed E-state index contributed by atoms with van der Waals surface area (Å²) in [7, 11) is 1.64. The summed E-state index contributed by atoms with van der Waals surface area (Å²) >= 11 is 0. The Morgan fingerprint density at radius 2 is 1.96 bits per heavy atom. The molecule has 1 aliphatic rings. The Balaban J connectivity index is 1.30. The summed E-state index contributed by atoms with van der Waals surface area (Å²) in [5.74, 6) is 2.64. The fourth-order valence-electron chi connectivity index (χ4n) is 3.71. The number of hydrogen-bond donors (Lipinski definition) is 1. The zero-order valence-corrected chi connectivity index (χ0v) is 16.1. The normalized spacial score (nSPS) is 16.5. The molecule has 1 saturated heterocycles. The van der Waals surface area contributed by atoms with E-state index in [1.54, 1.807) is 7.11 Å². The van der Waals surface area contributed by atoms with Crippen LogP contribution in [0.4, 0.5) is 0 Å². The third kappa shape index (κ3) is 3.96. The summed E-state index contributed by atoms with van der Waals surface area (Å²) in [6.45, 7) is 1.31. The maximum Gasteiger partial charge on any atom is 0.223 e. The predicted molar refractivity (Wildman–Crippen MR) is 108 cm³/mol. The molecule has 1 amide bonds. The molecule has 0 spiro atoms. The minimum atomic E-state index is 0.0439. The zero-order chi connectivity index (χ0) is 19.3. The first kappa shape index (κ1) is 18.3. The number of aromatic amines is 1. The van der Waals surface area contributed by atoms with Crippen molar-refractivity contribution in [2.24, 2.45) is 0 Å². The summed E-state index contributed by atoms with van der Waals surface area (Å²) in [5, 5.41) is 0. The Hall–Kier alpha value is -3.02. The average molecular weight is 379 g/mol. The first-order valence-corrected chi connectivity index (χ1v) is 9.75. The van der Waals surface area contributed by atoms with Crippen molar-refractivity contribution in [2.75, 3.05) is 20.3 Å². The standard InChI is InChI=1S/C22H25N3O3/c1-27-16-10-12-17(13-11-16)28-15-5-9-21(26)25-14-4-8-20(25)22-23-18-6-2-3-7-19(18)24-22/h2-3,6-7,10-13,20H,4-5,8-9,14-15H2,1H3,(H,23,24)/t20-/m1/s1. The molecular weight excluding hydrogens is 354 g/mol. The number of fused-ring (bicyclic) bond motifs is 1. The van der Waals surface area contributed by atoms with Crippen LogP contribution in [0.2, 0.25) is 0 Å². The van der Waals surface area contributed by atoms with Crippen LogP contribution in [0, 0.1) is 0 Å². The van der Waals surface area contributed by atoms with Gasteiger partial charge in [0.15, 0.2) is 0 Å². The van der Waals surface area contributed by atoms with Gasteiger partial charge in [0.25, 0.3) is 0 Å². The molecular formula is C22H25N3O3. The smallest absolute Gasteiger partial charge is 0.223 e. The van der Waals surface area contributed by atoms with Crippen LogP contribution in [0.1, 0.15) is 37.5 Å². The van der Waals surface area contributed by atoms with Gasteiger partial charge in [-0.3, -0.25) is 4.79 Å². The number of carbonyl (C=O) groups is 1. The monoisotopic (exact) mass is 379 g/mol. The maximum absolute atomic E-state index is 12.8. The lowest BCUT2D eigenvalue weighted by Gasteiger charge is -2.23. The lowest BCUT2D eigenvalue weighted by molar-refractivity contribution is -0.132. The summed E-state index contributed by atoms with van der Waals surface area (Å²) in [4.78, 5) is 22.8. The fraction of sp³-hybridized carbons (Fsp3) is 0.364. The van der Waals surface area contributed by atoms with Gasteiger partial charge >= 0.3 is 0 Å². The molecule has 3 aromatic rings. The first-order chi connectivity index (χ1) is 13.7. The number of nitrogens with one attached hydrogen (secondary N) is 1. The van der Waals surface area contributed by atoms with E-state index >= 15 is 0 Å². The molecule has 0 saturated carbocycles. The molecule has 1 aliphatic heterocycles. The van der Waals surface area contributed by atoms with Crippen molar-refractivity contribution < 1.29 is 14.3 Å². The van der Waals surface area contributed by atoms with Crippen LogP contribution in [0.3, 0.4) is 0 Å². The molecule has 0 bridgehead atoms. The number of carbonyl (C=O) groups excluding carboxylic acids is 1. The van der Waals surface area contributed by atoms with Crippen LogP contribution < -0.4 is 9.47 Å². The third-order valence-corrected chi connectivity index (χ3v) is 5.16. The predicted octanol–water partition coefficient (Wildman–Crippen LogP) is 4.09. The lowest BCUT2D eigenvalue weighted by atomic mass is 10.2. The molecule has 0 unspecified atom stereocenters. The van der Waals surface area contributed by atoms with E-state index in [0.717, 1.165) is 47.7 Å². The molecule has 1 fully saturated rings. The van der Waals surface area contributed by atoms with Gasteiger partial charge in [0.1, 0.15) is 17.3 Å². The number of methoxy groups -OCH3 is 1. The second-order valence-electron chi connectivity index (χ2n) is 7.01. The second-order valence-corrected chi connectivity index (χ2v) is 7.01. The quantitative estimate of drug-likeness (QED) is 0.628. The molecule has 4 rings (SSSR count). The number of rotatable bonds is 7. The second kappa shape index (κ2) is 8.33. The number of nitrogens with zero attached hydrogens (tertiary/aromatic N) is 2. The highest BCUT2D eigenvalue weighted by Gasteiger charge is 2.31. The highest BCUT2D eigenvalue weighted by molar-refractivity contribution is 5.78. The van der Waals surface area contributed by atoms with Crippen molar-refractivity contribution in [1.29, 1.82) is 0 Å².